The molecule has 0 aliphatic rings. The minimum absolute atomic E-state index is 0.631. The van der Waals surface area contributed by atoms with Crippen molar-refractivity contribution in [3.8, 4) is 56.4 Å². The molecule has 10 aromatic carbocycles. The highest BCUT2D eigenvalue weighted by Crippen LogP contribution is 2.43. The van der Waals surface area contributed by atoms with Crippen LogP contribution in [0.3, 0.4) is 0 Å². The lowest BCUT2D eigenvalue weighted by atomic mass is 9.90. The molecule has 0 amide bonds. The summed E-state index contributed by atoms with van der Waals surface area (Å²) in [7, 11) is 0. The third kappa shape index (κ3) is 5.53. The molecule has 0 aliphatic carbocycles. The van der Waals surface area contributed by atoms with Gasteiger partial charge in [0.05, 0.1) is 0 Å². The Morgan fingerprint density at radius 1 is 0.288 bits per heavy atom. The fourth-order valence-corrected chi connectivity index (χ4v) is 10.2. The summed E-state index contributed by atoms with van der Waals surface area (Å²) in [5.41, 5.74) is 7.44. The maximum atomic E-state index is 5.48. The average molecular weight is 768 g/mol. The van der Waals surface area contributed by atoms with Gasteiger partial charge < -0.3 is 0 Å². The van der Waals surface area contributed by atoms with Crippen LogP contribution in [0.25, 0.3) is 120 Å². The van der Waals surface area contributed by atoms with Crippen molar-refractivity contribution in [2.75, 3.05) is 0 Å². The second-order valence-electron chi connectivity index (χ2n) is 15.1. The van der Waals surface area contributed by atoms with Gasteiger partial charge in [0.2, 0.25) is 0 Å². The molecule has 59 heavy (non-hydrogen) atoms. The molecule has 0 spiro atoms. The molecule has 274 valence electrons. The van der Waals surface area contributed by atoms with E-state index in [2.05, 4.69) is 200 Å². The highest BCUT2D eigenvalue weighted by molar-refractivity contribution is 7.26. The van der Waals surface area contributed by atoms with Crippen molar-refractivity contribution in [2.45, 2.75) is 0 Å². The molecule has 3 nitrogen and oxygen atoms in total. The number of rotatable bonds is 5. The molecular weight excluding hydrogens is 735 g/mol. The van der Waals surface area contributed by atoms with Crippen LogP contribution in [0.15, 0.2) is 200 Å². The summed E-state index contributed by atoms with van der Waals surface area (Å²) >= 11 is 1.79. The lowest BCUT2D eigenvalue weighted by Crippen LogP contribution is -2.02. The summed E-state index contributed by atoms with van der Waals surface area (Å²) in [6.07, 6.45) is 0. The van der Waals surface area contributed by atoms with Crippen molar-refractivity contribution in [3.05, 3.63) is 200 Å². The van der Waals surface area contributed by atoms with E-state index in [9.17, 15) is 0 Å². The third-order valence-electron chi connectivity index (χ3n) is 11.7. The van der Waals surface area contributed by atoms with Gasteiger partial charge in [-0.2, -0.15) is 0 Å². The van der Waals surface area contributed by atoms with Gasteiger partial charge in [0, 0.05) is 36.9 Å². The summed E-state index contributed by atoms with van der Waals surface area (Å²) in [6.45, 7) is 0. The van der Waals surface area contributed by atoms with E-state index in [1.54, 1.807) is 11.3 Å². The van der Waals surface area contributed by atoms with Gasteiger partial charge in [-0.05, 0) is 89.6 Å². The Bertz CT molecular complexity index is 3630. The van der Waals surface area contributed by atoms with Crippen LogP contribution >= 0.6 is 11.3 Å². The Hall–Kier alpha value is -7.53. The van der Waals surface area contributed by atoms with E-state index in [-0.39, 0.29) is 0 Å². The first kappa shape index (κ1) is 33.6. The number of fused-ring (bicyclic) bond motifs is 8. The summed E-state index contributed by atoms with van der Waals surface area (Å²) in [4.78, 5) is 16.3. The number of nitrogens with zero attached hydrogens (tertiary/aromatic N) is 3. The second kappa shape index (κ2) is 13.6. The maximum absolute atomic E-state index is 5.48. The third-order valence-corrected chi connectivity index (χ3v) is 12.9. The van der Waals surface area contributed by atoms with Gasteiger partial charge in [0.15, 0.2) is 17.5 Å². The zero-order valence-electron chi connectivity index (χ0n) is 31.8. The summed E-state index contributed by atoms with van der Waals surface area (Å²) < 4.78 is 2.41. The minimum atomic E-state index is 0.631. The zero-order valence-corrected chi connectivity index (χ0v) is 32.6. The van der Waals surface area contributed by atoms with Crippen molar-refractivity contribution < 1.29 is 0 Å². The standard InChI is InChI=1S/C55H33N3S/c1-4-20-39-34(14-1)17-12-26-43(39)46-31-30-35-15-2-6-22-41(35)51(46)55-57-53(56-54(58-55)48-28-13-27-47-45-25-9-10-29-50(45)59-52(47)48)38-19-11-18-36(32-38)49-33-37-16-3-5-21-40(37)42-23-7-8-24-44(42)49/h1-33H. The molecule has 0 unspecified atom stereocenters. The van der Waals surface area contributed by atoms with Crippen molar-refractivity contribution in [1.82, 2.24) is 15.0 Å². The van der Waals surface area contributed by atoms with Gasteiger partial charge in [-0.15, -0.1) is 11.3 Å². The second-order valence-corrected chi connectivity index (χ2v) is 16.1. The molecule has 0 fully saturated rings. The van der Waals surface area contributed by atoms with Crippen molar-refractivity contribution in [3.63, 3.8) is 0 Å². The van der Waals surface area contributed by atoms with E-state index in [1.165, 1.54) is 58.1 Å². The van der Waals surface area contributed by atoms with Gasteiger partial charge in [0.25, 0.3) is 0 Å². The van der Waals surface area contributed by atoms with Crippen LogP contribution in [0.1, 0.15) is 0 Å². The molecule has 0 saturated carbocycles. The predicted octanol–water partition coefficient (Wildman–Crippen LogP) is 15.2. The van der Waals surface area contributed by atoms with Gasteiger partial charge in [0.1, 0.15) is 0 Å². The van der Waals surface area contributed by atoms with Crippen LogP contribution in [-0.2, 0) is 0 Å². The Morgan fingerprint density at radius 3 is 1.73 bits per heavy atom. The van der Waals surface area contributed by atoms with Gasteiger partial charge in [-0.3, -0.25) is 0 Å². The molecule has 0 bridgehead atoms. The van der Waals surface area contributed by atoms with Crippen molar-refractivity contribution >= 4 is 74.6 Å². The van der Waals surface area contributed by atoms with Crippen molar-refractivity contribution in [2.24, 2.45) is 0 Å². The first-order chi connectivity index (χ1) is 29.2. The monoisotopic (exact) mass is 767 g/mol. The molecule has 0 radical (unpaired) electrons. The van der Waals surface area contributed by atoms with Crippen LogP contribution in [0, 0.1) is 0 Å². The first-order valence-corrected chi connectivity index (χ1v) is 20.8. The lowest BCUT2D eigenvalue weighted by Gasteiger charge is -2.16. The Balaban J connectivity index is 1.14. The number of aromatic nitrogens is 3. The number of thiophene rings is 1. The molecule has 12 rings (SSSR count). The Morgan fingerprint density at radius 2 is 0.864 bits per heavy atom. The highest BCUT2D eigenvalue weighted by atomic mass is 32.1. The molecule has 0 atom stereocenters. The van der Waals surface area contributed by atoms with Crippen molar-refractivity contribution in [1.29, 1.82) is 0 Å². The van der Waals surface area contributed by atoms with Gasteiger partial charge in [-0.25, -0.2) is 15.0 Å². The predicted molar refractivity (Wildman–Crippen MR) is 250 cm³/mol. The van der Waals surface area contributed by atoms with Crippen LogP contribution in [-0.4, -0.2) is 15.0 Å². The topological polar surface area (TPSA) is 38.7 Å². The normalized spacial score (nSPS) is 11.7. The van der Waals surface area contributed by atoms with Gasteiger partial charge in [-0.1, -0.05) is 176 Å². The SMILES string of the molecule is c1cc(-c2nc(-c3c(-c4cccc5ccccc45)ccc4ccccc34)nc(-c3cccc4c3sc3ccccc34)n2)cc(-c2cc3ccccc3c3ccccc23)c1. The molecule has 12 aromatic rings. The molecule has 0 saturated heterocycles. The average Bonchev–Trinajstić information content (AvgIpc) is 3.70. The first-order valence-electron chi connectivity index (χ1n) is 19.9. The molecular formula is C55H33N3S. The summed E-state index contributed by atoms with van der Waals surface area (Å²) in [6, 6.07) is 71.6. The van der Waals surface area contributed by atoms with E-state index in [0.717, 1.165) is 44.2 Å². The molecule has 2 heterocycles. The van der Waals surface area contributed by atoms with Crippen LogP contribution < -0.4 is 0 Å². The van der Waals surface area contributed by atoms with Crippen LogP contribution in [0.4, 0.5) is 0 Å². The molecule has 0 aliphatic heterocycles. The zero-order chi connectivity index (χ0) is 38.9. The number of hydrogen-bond acceptors (Lipinski definition) is 4. The fourth-order valence-electron chi connectivity index (χ4n) is 8.98. The number of hydrogen-bond donors (Lipinski definition) is 0. The largest absolute Gasteiger partial charge is 0.208 e. The summed E-state index contributed by atoms with van der Waals surface area (Å²) in [5, 5.41) is 12.0. The quantitative estimate of drug-likeness (QED) is 0.164. The van der Waals surface area contributed by atoms with Gasteiger partial charge >= 0.3 is 0 Å². The smallest absolute Gasteiger partial charge is 0.165 e. The van der Waals surface area contributed by atoms with E-state index < -0.39 is 0 Å². The minimum Gasteiger partial charge on any atom is -0.208 e. The molecule has 4 heteroatoms. The maximum Gasteiger partial charge on any atom is 0.165 e. The van der Waals surface area contributed by atoms with E-state index in [4.69, 9.17) is 15.0 Å². The van der Waals surface area contributed by atoms with Crippen LogP contribution in [0.2, 0.25) is 0 Å². The Labute approximate surface area is 344 Å². The summed E-state index contributed by atoms with van der Waals surface area (Å²) in [5.74, 6) is 1.93. The van der Waals surface area contributed by atoms with E-state index in [1.807, 2.05) is 0 Å². The molecule has 0 N–H and O–H groups in total. The van der Waals surface area contributed by atoms with Crippen LogP contribution in [0.5, 0.6) is 0 Å². The van der Waals surface area contributed by atoms with E-state index in [0.29, 0.717) is 17.5 Å². The number of benzene rings is 10. The fraction of sp³-hybridized carbons (Fsp3) is 0. The lowest BCUT2D eigenvalue weighted by molar-refractivity contribution is 1.08. The highest BCUT2D eigenvalue weighted by Gasteiger charge is 2.21. The Kier molecular flexibility index (Phi) is 7.72. The van der Waals surface area contributed by atoms with E-state index >= 15 is 0 Å². The molecule has 2 aromatic heterocycles.